The molecule has 21 heavy (non-hydrogen) atoms. The summed E-state index contributed by atoms with van der Waals surface area (Å²) in [5, 5.41) is 6.11. The minimum absolute atomic E-state index is 0.0238. The number of rotatable bonds is 9. The highest BCUT2D eigenvalue weighted by molar-refractivity contribution is 5.78. The van der Waals surface area contributed by atoms with Gasteiger partial charge in [-0.3, -0.25) is 9.69 Å². The Kier molecular flexibility index (Phi) is 8.22. The minimum atomic E-state index is 0.0238. The second kappa shape index (κ2) is 9.38. The number of amides is 1. The number of methoxy groups -OCH3 is 1. The van der Waals surface area contributed by atoms with Crippen molar-refractivity contribution in [1.29, 1.82) is 0 Å². The van der Waals surface area contributed by atoms with Crippen LogP contribution < -0.4 is 10.6 Å². The first-order valence-corrected chi connectivity index (χ1v) is 8.21. The van der Waals surface area contributed by atoms with Crippen LogP contribution >= 0.6 is 0 Å². The number of nitrogens with zero attached hydrogens (tertiary/aromatic N) is 1. The molecule has 1 aliphatic heterocycles. The van der Waals surface area contributed by atoms with Crippen LogP contribution in [0.15, 0.2) is 0 Å². The molecule has 0 saturated carbocycles. The monoisotopic (exact) mass is 299 g/mol. The summed E-state index contributed by atoms with van der Waals surface area (Å²) in [7, 11) is 1.66. The smallest absolute Gasteiger partial charge is 0.234 e. The molecule has 1 unspecified atom stereocenters. The summed E-state index contributed by atoms with van der Waals surface area (Å²) in [6, 6.07) is 0. The lowest BCUT2D eigenvalue weighted by atomic mass is 9.91. The summed E-state index contributed by atoms with van der Waals surface area (Å²) in [5.74, 6) is 0.868. The molecule has 0 aromatic carbocycles. The van der Waals surface area contributed by atoms with Crippen molar-refractivity contribution in [1.82, 2.24) is 15.5 Å². The van der Waals surface area contributed by atoms with E-state index in [4.69, 9.17) is 4.74 Å². The molecular formula is C16H33N3O2. The summed E-state index contributed by atoms with van der Waals surface area (Å²) in [5.41, 5.74) is 0.0238. The van der Waals surface area contributed by atoms with Crippen molar-refractivity contribution in [2.45, 2.75) is 45.6 Å². The van der Waals surface area contributed by atoms with E-state index in [0.29, 0.717) is 26.2 Å². The maximum absolute atomic E-state index is 11.8. The first-order chi connectivity index (χ1) is 9.99. The van der Waals surface area contributed by atoms with Crippen LogP contribution in [-0.4, -0.2) is 62.8 Å². The van der Waals surface area contributed by atoms with Gasteiger partial charge in [0.1, 0.15) is 0 Å². The second-order valence-corrected chi connectivity index (χ2v) is 6.62. The van der Waals surface area contributed by atoms with Crippen LogP contribution in [0.2, 0.25) is 0 Å². The highest BCUT2D eigenvalue weighted by Crippen LogP contribution is 2.25. The molecule has 0 bridgehead atoms. The Hall–Kier alpha value is -0.650. The minimum Gasteiger partial charge on any atom is -0.383 e. The topological polar surface area (TPSA) is 53.6 Å². The number of hydrogen-bond acceptors (Lipinski definition) is 4. The third kappa shape index (κ3) is 6.76. The molecule has 2 N–H and O–H groups in total. The molecule has 0 radical (unpaired) electrons. The van der Waals surface area contributed by atoms with E-state index >= 15 is 0 Å². The average molecular weight is 299 g/mol. The van der Waals surface area contributed by atoms with E-state index in [-0.39, 0.29) is 11.4 Å². The molecule has 1 saturated heterocycles. The molecule has 0 aliphatic carbocycles. The van der Waals surface area contributed by atoms with Gasteiger partial charge in [-0.25, -0.2) is 0 Å². The zero-order valence-electron chi connectivity index (χ0n) is 14.2. The molecule has 1 aliphatic rings. The zero-order chi connectivity index (χ0) is 15.7. The van der Waals surface area contributed by atoms with Crippen LogP contribution in [-0.2, 0) is 9.53 Å². The largest absolute Gasteiger partial charge is 0.383 e. The van der Waals surface area contributed by atoms with Gasteiger partial charge in [-0.2, -0.15) is 0 Å². The van der Waals surface area contributed by atoms with Gasteiger partial charge in [0.2, 0.25) is 5.91 Å². The van der Waals surface area contributed by atoms with Gasteiger partial charge in [0.25, 0.3) is 0 Å². The van der Waals surface area contributed by atoms with E-state index in [1.54, 1.807) is 7.11 Å². The summed E-state index contributed by atoms with van der Waals surface area (Å²) >= 11 is 0. The van der Waals surface area contributed by atoms with Crippen molar-refractivity contribution in [3.8, 4) is 0 Å². The third-order valence-electron chi connectivity index (χ3n) is 4.44. The predicted octanol–water partition coefficient (Wildman–Crippen LogP) is 1.24. The maximum Gasteiger partial charge on any atom is 0.234 e. The first-order valence-electron chi connectivity index (χ1n) is 8.21. The van der Waals surface area contributed by atoms with E-state index in [9.17, 15) is 4.79 Å². The Morgan fingerprint density at radius 1 is 1.43 bits per heavy atom. The predicted molar refractivity (Wildman–Crippen MR) is 86.4 cm³/mol. The Morgan fingerprint density at radius 3 is 2.86 bits per heavy atom. The van der Waals surface area contributed by atoms with E-state index in [0.717, 1.165) is 19.0 Å². The van der Waals surface area contributed by atoms with Gasteiger partial charge in [-0.15, -0.1) is 0 Å². The number of ether oxygens (including phenoxy) is 1. The summed E-state index contributed by atoms with van der Waals surface area (Å²) in [6.07, 6.45) is 3.87. The van der Waals surface area contributed by atoms with Crippen LogP contribution in [0.5, 0.6) is 0 Å². The Morgan fingerprint density at radius 2 is 2.19 bits per heavy atom. The van der Waals surface area contributed by atoms with Crippen molar-refractivity contribution < 1.29 is 9.53 Å². The van der Waals surface area contributed by atoms with Crippen molar-refractivity contribution in [3.63, 3.8) is 0 Å². The van der Waals surface area contributed by atoms with Gasteiger partial charge >= 0.3 is 0 Å². The number of hydrogen-bond donors (Lipinski definition) is 2. The average Bonchev–Trinajstić information content (AvgIpc) is 2.50. The van der Waals surface area contributed by atoms with Crippen LogP contribution in [0.1, 0.15) is 40.0 Å². The van der Waals surface area contributed by atoms with E-state index in [2.05, 4.69) is 36.3 Å². The van der Waals surface area contributed by atoms with Crippen LogP contribution in [0.25, 0.3) is 0 Å². The summed E-state index contributed by atoms with van der Waals surface area (Å²) in [4.78, 5) is 14.4. The molecule has 124 valence electrons. The van der Waals surface area contributed by atoms with E-state index in [1.807, 2.05) is 0 Å². The van der Waals surface area contributed by atoms with E-state index < -0.39 is 0 Å². The van der Waals surface area contributed by atoms with Crippen LogP contribution in [0.3, 0.4) is 0 Å². The number of carbonyl (C=O) groups excluding carboxylic acids is 1. The molecule has 1 amide bonds. The molecule has 0 spiro atoms. The fourth-order valence-electron chi connectivity index (χ4n) is 2.81. The molecule has 1 atom stereocenters. The van der Waals surface area contributed by atoms with Crippen molar-refractivity contribution in [3.05, 3.63) is 0 Å². The van der Waals surface area contributed by atoms with Gasteiger partial charge in [0, 0.05) is 32.3 Å². The van der Waals surface area contributed by atoms with E-state index in [1.165, 1.54) is 19.3 Å². The molecule has 5 heteroatoms. The Balaban J connectivity index is 2.29. The fourth-order valence-corrected chi connectivity index (χ4v) is 2.81. The first kappa shape index (κ1) is 18.4. The Bertz CT molecular complexity index is 308. The van der Waals surface area contributed by atoms with Gasteiger partial charge in [0.15, 0.2) is 0 Å². The van der Waals surface area contributed by atoms with Crippen molar-refractivity contribution in [2.24, 2.45) is 5.92 Å². The Labute approximate surface area is 129 Å². The molecule has 1 rings (SSSR count). The number of likely N-dealkylation sites (tertiary alicyclic amines) is 1. The van der Waals surface area contributed by atoms with Gasteiger partial charge in [-0.05, 0) is 39.2 Å². The number of piperidine rings is 1. The molecule has 1 fully saturated rings. The lowest BCUT2D eigenvalue weighted by molar-refractivity contribution is -0.120. The van der Waals surface area contributed by atoms with Crippen molar-refractivity contribution >= 4 is 5.91 Å². The quantitative estimate of drug-likeness (QED) is 0.629. The molecule has 1 heterocycles. The summed E-state index contributed by atoms with van der Waals surface area (Å²) in [6.45, 7) is 11.4. The van der Waals surface area contributed by atoms with Crippen LogP contribution in [0.4, 0.5) is 0 Å². The molecular weight excluding hydrogens is 266 g/mol. The summed E-state index contributed by atoms with van der Waals surface area (Å²) < 4.78 is 4.94. The number of nitrogens with one attached hydrogen (secondary N) is 2. The lowest BCUT2D eigenvalue weighted by Crippen LogP contribution is -2.55. The van der Waals surface area contributed by atoms with Crippen molar-refractivity contribution in [2.75, 3.05) is 46.4 Å². The SMILES string of the molecule is CCC1CCCN(C(C)(C)CNC(=O)CNCCOC)C1. The third-order valence-corrected chi connectivity index (χ3v) is 4.44. The van der Waals surface area contributed by atoms with Gasteiger partial charge in [0.05, 0.1) is 13.2 Å². The lowest BCUT2D eigenvalue weighted by Gasteiger charge is -2.43. The second-order valence-electron chi connectivity index (χ2n) is 6.62. The van der Waals surface area contributed by atoms with Crippen LogP contribution in [0, 0.1) is 5.92 Å². The van der Waals surface area contributed by atoms with Gasteiger partial charge < -0.3 is 15.4 Å². The highest BCUT2D eigenvalue weighted by atomic mass is 16.5. The zero-order valence-corrected chi connectivity index (χ0v) is 14.2. The highest BCUT2D eigenvalue weighted by Gasteiger charge is 2.31. The molecule has 0 aromatic rings. The molecule has 0 aromatic heterocycles. The maximum atomic E-state index is 11.8. The molecule has 5 nitrogen and oxygen atoms in total. The number of carbonyl (C=O) groups is 1. The van der Waals surface area contributed by atoms with Gasteiger partial charge in [-0.1, -0.05) is 13.3 Å². The fraction of sp³-hybridized carbons (Fsp3) is 0.938. The standard InChI is InChI=1S/C16H33N3O2/c1-5-14-7-6-9-19(12-14)16(2,3)13-18-15(20)11-17-8-10-21-4/h14,17H,5-13H2,1-4H3,(H,18,20). The normalized spacial score (nSPS) is 20.5.